The van der Waals surface area contributed by atoms with Crippen LogP contribution in [-0.2, 0) is 0 Å². The van der Waals surface area contributed by atoms with E-state index >= 15 is 0 Å². The first-order valence-electron chi connectivity index (χ1n) is 8.23. The van der Waals surface area contributed by atoms with Crippen molar-refractivity contribution in [1.29, 1.82) is 0 Å². The molecule has 0 aromatic carbocycles. The second-order valence-corrected chi connectivity index (χ2v) is 7.00. The maximum Gasteiger partial charge on any atom is 0.272 e. The first-order chi connectivity index (χ1) is 12.1. The van der Waals surface area contributed by atoms with Gasteiger partial charge in [0.2, 0.25) is 0 Å². The fraction of sp³-hybridized carbons (Fsp3) is 0.278. The monoisotopic (exact) mass is 399 g/mol. The Kier molecular flexibility index (Phi) is 4.17. The molecule has 4 rings (SSSR count). The fourth-order valence-corrected chi connectivity index (χ4v) is 3.56. The Morgan fingerprint density at radius 3 is 2.64 bits per heavy atom. The van der Waals surface area contributed by atoms with Crippen LogP contribution in [0.4, 0.5) is 5.82 Å². The number of carbonyl (C=O) groups excluding carboxylic acids is 1. The van der Waals surface area contributed by atoms with Crippen LogP contribution in [0.15, 0.2) is 47.2 Å². The van der Waals surface area contributed by atoms with E-state index in [1.807, 2.05) is 52.8 Å². The Balaban J connectivity index is 1.55. The summed E-state index contributed by atoms with van der Waals surface area (Å²) in [6, 6.07) is 9.74. The van der Waals surface area contributed by atoms with Gasteiger partial charge in [0.15, 0.2) is 0 Å². The smallest absolute Gasteiger partial charge is 0.272 e. The molecule has 1 amide bonds. The number of nitrogens with zero attached hydrogens (tertiary/aromatic N) is 5. The number of anilines is 1. The highest BCUT2D eigenvalue weighted by atomic mass is 79.9. The second-order valence-electron chi connectivity index (χ2n) is 6.09. The predicted octanol–water partition coefficient (Wildman–Crippen LogP) is 2.76. The summed E-state index contributed by atoms with van der Waals surface area (Å²) in [4.78, 5) is 26.1. The van der Waals surface area contributed by atoms with Crippen molar-refractivity contribution in [2.75, 3.05) is 31.1 Å². The molecule has 0 atom stereocenters. The molecule has 6 nitrogen and oxygen atoms in total. The molecule has 0 bridgehead atoms. The van der Waals surface area contributed by atoms with E-state index in [-0.39, 0.29) is 5.91 Å². The normalized spacial score (nSPS) is 15.0. The lowest BCUT2D eigenvalue weighted by Crippen LogP contribution is -2.49. The quantitative estimate of drug-likeness (QED) is 0.664. The van der Waals surface area contributed by atoms with Crippen LogP contribution in [0.3, 0.4) is 0 Å². The summed E-state index contributed by atoms with van der Waals surface area (Å²) in [5, 5.41) is 0. The zero-order valence-corrected chi connectivity index (χ0v) is 15.5. The third-order valence-electron chi connectivity index (χ3n) is 4.50. The third-order valence-corrected chi connectivity index (χ3v) is 4.97. The number of fused-ring (bicyclic) bond motifs is 1. The van der Waals surface area contributed by atoms with E-state index in [0.717, 1.165) is 34.7 Å². The van der Waals surface area contributed by atoms with Gasteiger partial charge in [-0.1, -0.05) is 6.07 Å². The number of carbonyl (C=O) groups is 1. The molecule has 3 aromatic rings. The molecule has 0 N–H and O–H groups in total. The molecule has 1 fully saturated rings. The van der Waals surface area contributed by atoms with Gasteiger partial charge < -0.3 is 9.80 Å². The SMILES string of the molecule is Cc1nc2ccc(Br)cn2c1C(=O)N1CCN(c2ccccn2)CC1. The Morgan fingerprint density at radius 1 is 1.12 bits per heavy atom. The topological polar surface area (TPSA) is 53.7 Å². The molecule has 128 valence electrons. The van der Waals surface area contributed by atoms with Crippen molar-refractivity contribution in [3.8, 4) is 0 Å². The summed E-state index contributed by atoms with van der Waals surface area (Å²) in [5.74, 6) is 0.994. The molecule has 0 unspecified atom stereocenters. The molecule has 0 spiro atoms. The van der Waals surface area contributed by atoms with E-state index in [2.05, 4.69) is 30.8 Å². The molecule has 1 aliphatic rings. The van der Waals surface area contributed by atoms with Crippen LogP contribution in [0.5, 0.6) is 0 Å². The van der Waals surface area contributed by atoms with Crippen molar-refractivity contribution < 1.29 is 4.79 Å². The van der Waals surface area contributed by atoms with Gasteiger partial charge >= 0.3 is 0 Å². The molecule has 3 aromatic heterocycles. The van der Waals surface area contributed by atoms with Crippen molar-refractivity contribution >= 4 is 33.3 Å². The van der Waals surface area contributed by atoms with Gasteiger partial charge in [-0.3, -0.25) is 9.20 Å². The molecule has 7 heteroatoms. The standard InChI is InChI=1S/C18H18BrN5O/c1-13-17(24-12-14(19)5-6-16(24)21-13)18(25)23-10-8-22(9-11-23)15-4-2-3-7-20-15/h2-7,12H,8-11H2,1H3. The van der Waals surface area contributed by atoms with Crippen LogP contribution in [0.2, 0.25) is 0 Å². The molecule has 1 aliphatic heterocycles. The highest BCUT2D eigenvalue weighted by molar-refractivity contribution is 9.10. The Labute approximate surface area is 154 Å². The third kappa shape index (κ3) is 3.00. The van der Waals surface area contributed by atoms with Gasteiger partial charge in [0.25, 0.3) is 5.91 Å². The Morgan fingerprint density at radius 2 is 1.92 bits per heavy atom. The van der Waals surface area contributed by atoms with E-state index in [9.17, 15) is 4.79 Å². The molecule has 0 aliphatic carbocycles. The summed E-state index contributed by atoms with van der Waals surface area (Å²) in [7, 11) is 0. The summed E-state index contributed by atoms with van der Waals surface area (Å²) in [6.45, 7) is 4.80. The molecular formula is C18H18BrN5O. The van der Waals surface area contributed by atoms with Crippen molar-refractivity contribution in [1.82, 2.24) is 19.3 Å². The minimum atomic E-state index is 0.0313. The number of aromatic nitrogens is 3. The lowest BCUT2D eigenvalue weighted by molar-refractivity contribution is 0.0738. The number of pyridine rings is 2. The Bertz CT molecular complexity index is 916. The van der Waals surface area contributed by atoms with Gasteiger partial charge in [-0.15, -0.1) is 0 Å². The fourth-order valence-electron chi connectivity index (χ4n) is 3.22. The summed E-state index contributed by atoms with van der Waals surface area (Å²) >= 11 is 3.47. The number of hydrogen-bond donors (Lipinski definition) is 0. The van der Waals surface area contributed by atoms with Crippen molar-refractivity contribution in [2.45, 2.75) is 6.92 Å². The van der Waals surface area contributed by atoms with Gasteiger partial charge in [0.05, 0.1) is 5.69 Å². The number of hydrogen-bond acceptors (Lipinski definition) is 4. The Hall–Kier alpha value is -2.41. The van der Waals surface area contributed by atoms with Crippen LogP contribution in [0, 0.1) is 6.92 Å². The largest absolute Gasteiger partial charge is 0.353 e. The van der Waals surface area contributed by atoms with E-state index in [1.165, 1.54) is 0 Å². The van der Waals surface area contributed by atoms with Crippen LogP contribution < -0.4 is 4.90 Å². The van der Waals surface area contributed by atoms with Gasteiger partial charge in [-0.2, -0.15) is 0 Å². The highest BCUT2D eigenvalue weighted by Crippen LogP contribution is 2.20. The van der Waals surface area contributed by atoms with Crippen molar-refractivity contribution in [3.05, 3.63) is 58.6 Å². The minimum absolute atomic E-state index is 0.0313. The minimum Gasteiger partial charge on any atom is -0.353 e. The van der Waals surface area contributed by atoms with E-state index < -0.39 is 0 Å². The van der Waals surface area contributed by atoms with Crippen LogP contribution >= 0.6 is 15.9 Å². The number of amides is 1. The average Bonchev–Trinajstić information content (AvgIpc) is 2.97. The zero-order chi connectivity index (χ0) is 17.4. The predicted molar refractivity (Wildman–Crippen MR) is 100.0 cm³/mol. The van der Waals surface area contributed by atoms with Crippen LogP contribution in [0.1, 0.15) is 16.2 Å². The number of imidazole rings is 1. The van der Waals surface area contributed by atoms with Gasteiger partial charge in [-0.05, 0) is 47.1 Å². The lowest BCUT2D eigenvalue weighted by atomic mass is 10.2. The van der Waals surface area contributed by atoms with Crippen molar-refractivity contribution in [3.63, 3.8) is 0 Å². The second kappa shape index (κ2) is 6.48. The van der Waals surface area contributed by atoms with Gasteiger partial charge in [-0.25, -0.2) is 9.97 Å². The zero-order valence-electron chi connectivity index (χ0n) is 13.9. The number of rotatable bonds is 2. The summed E-state index contributed by atoms with van der Waals surface area (Å²) < 4.78 is 2.79. The van der Waals surface area contributed by atoms with Gasteiger partial charge in [0, 0.05) is 43.0 Å². The average molecular weight is 400 g/mol. The first-order valence-corrected chi connectivity index (χ1v) is 9.02. The molecule has 1 saturated heterocycles. The highest BCUT2D eigenvalue weighted by Gasteiger charge is 2.26. The molecule has 0 radical (unpaired) electrons. The van der Waals surface area contributed by atoms with Crippen LogP contribution in [0.25, 0.3) is 5.65 Å². The molecule has 4 heterocycles. The summed E-state index contributed by atoms with van der Waals surface area (Å²) in [5.41, 5.74) is 2.19. The van der Waals surface area contributed by atoms with Crippen molar-refractivity contribution in [2.24, 2.45) is 0 Å². The van der Waals surface area contributed by atoms with Crippen LogP contribution in [-0.4, -0.2) is 51.4 Å². The first kappa shape index (κ1) is 16.1. The van der Waals surface area contributed by atoms with E-state index in [4.69, 9.17) is 0 Å². The lowest BCUT2D eigenvalue weighted by Gasteiger charge is -2.35. The molecule has 0 saturated carbocycles. The summed E-state index contributed by atoms with van der Waals surface area (Å²) in [6.07, 6.45) is 3.69. The maximum atomic E-state index is 13.1. The number of piperazine rings is 1. The maximum absolute atomic E-state index is 13.1. The number of aryl methyl sites for hydroxylation is 1. The van der Waals surface area contributed by atoms with Gasteiger partial charge in [0.1, 0.15) is 17.2 Å². The van der Waals surface area contributed by atoms with E-state index in [1.54, 1.807) is 6.20 Å². The molecular weight excluding hydrogens is 382 g/mol. The number of halogens is 1. The molecule has 25 heavy (non-hydrogen) atoms. The van der Waals surface area contributed by atoms with E-state index in [0.29, 0.717) is 18.8 Å².